The molecular weight excluding hydrogens is 406 g/mol. The summed E-state index contributed by atoms with van der Waals surface area (Å²) in [6.45, 7) is 14.9. The fourth-order valence-corrected chi connectivity index (χ4v) is 3.26. The number of aromatic nitrogens is 1. The molecule has 1 heterocycles. The molecule has 0 aliphatic rings. The molecule has 0 bridgehead atoms. The Morgan fingerprint density at radius 1 is 0.969 bits per heavy atom. The summed E-state index contributed by atoms with van der Waals surface area (Å²) in [7, 11) is 0. The van der Waals surface area contributed by atoms with E-state index >= 15 is 0 Å². The van der Waals surface area contributed by atoms with Crippen molar-refractivity contribution >= 4 is 12.1 Å². The van der Waals surface area contributed by atoms with Gasteiger partial charge in [0.2, 0.25) is 0 Å². The second-order valence-corrected chi connectivity index (χ2v) is 9.80. The molecule has 0 radical (unpaired) electrons. The van der Waals surface area contributed by atoms with Crippen LogP contribution >= 0.6 is 0 Å². The lowest BCUT2D eigenvalue weighted by Gasteiger charge is -2.24. The fraction of sp³-hybridized carbons (Fsp3) is 0.480. The van der Waals surface area contributed by atoms with E-state index in [0.717, 1.165) is 11.1 Å². The van der Waals surface area contributed by atoms with Crippen molar-refractivity contribution in [1.82, 2.24) is 10.3 Å². The molecule has 0 aliphatic carbocycles. The Morgan fingerprint density at radius 2 is 1.53 bits per heavy atom. The summed E-state index contributed by atoms with van der Waals surface area (Å²) >= 11 is 0. The minimum absolute atomic E-state index is 0.121. The Kier molecular flexibility index (Phi) is 7.67. The van der Waals surface area contributed by atoms with Gasteiger partial charge in [0.1, 0.15) is 11.2 Å². The van der Waals surface area contributed by atoms with Gasteiger partial charge in [0.25, 0.3) is 0 Å². The second-order valence-electron chi connectivity index (χ2n) is 9.80. The molecule has 0 saturated heterocycles. The van der Waals surface area contributed by atoms with Gasteiger partial charge in [-0.25, -0.2) is 9.59 Å². The molecule has 0 spiro atoms. The zero-order chi connectivity index (χ0) is 24.3. The normalized spacial score (nSPS) is 11.8. The summed E-state index contributed by atoms with van der Waals surface area (Å²) in [6.07, 6.45) is -0.548. The molecule has 0 saturated carbocycles. The first-order chi connectivity index (χ1) is 14.7. The molecule has 0 atom stereocenters. The molecule has 32 heavy (non-hydrogen) atoms. The lowest BCUT2D eigenvalue weighted by molar-refractivity contribution is 0.00686. The van der Waals surface area contributed by atoms with E-state index in [1.54, 1.807) is 27.7 Å². The lowest BCUT2D eigenvalue weighted by Crippen LogP contribution is -2.33. The maximum Gasteiger partial charge on any atom is 0.407 e. The fourth-order valence-electron chi connectivity index (χ4n) is 3.26. The van der Waals surface area contributed by atoms with Gasteiger partial charge >= 0.3 is 12.1 Å². The van der Waals surface area contributed by atoms with E-state index in [2.05, 4.69) is 10.3 Å². The number of carbonyl (C=O) groups is 2. The van der Waals surface area contributed by atoms with Gasteiger partial charge in [-0.3, -0.25) is 4.98 Å². The van der Waals surface area contributed by atoms with E-state index in [-0.39, 0.29) is 13.1 Å². The molecule has 0 aliphatic heterocycles. The van der Waals surface area contributed by atoms with Crippen molar-refractivity contribution in [3.05, 3.63) is 52.3 Å². The molecule has 7 nitrogen and oxygen atoms in total. The Balaban J connectivity index is 2.60. The summed E-state index contributed by atoms with van der Waals surface area (Å²) in [6, 6.07) is 7.84. The van der Waals surface area contributed by atoms with Gasteiger partial charge in [-0.05, 0) is 66.5 Å². The molecule has 2 aromatic rings. The van der Waals surface area contributed by atoms with Crippen molar-refractivity contribution in [2.45, 2.75) is 79.7 Å². The van der Waals surface area contributed by atoms with Crippen LogP contribution in [0.25, 0.3) is 11.1 Å². The van der Waals surface area contributed by atoms with Crippen LogP contribution in [0, 0.1) is 13.8 Å². The van der Waals surface area contributed by atoms with Gasteiger partial charge in [0.05, 0.1) is 23.5 Å². The minimum Gasteiger partial charge on any atom is -0.456 e. The zero-order valence-corrected chi connectivity index (χ0v) is 20.4. The van der Waals surface area contributed by atoms with Gasteiger partial charge in [0, 0.05) is 12.1 Å². The van der Waals surface area contributed by atoms with Crippen molar-refractivity contribution in [1.29, 1.82) is 0 Å². The molecular formula is C25H35N3O4. The summed E-state index contributed by atoms with van der Waals surface area (Å²) in [4.78, 5) is 29.9. The number of esters is 1. The average Bonchev–Trinajstić information content (AvgIpc) is 2.63. The molecule has 1 aromatic heterocycles. The first-order valence-electron chi connectivity index (χ1n) is 10.7. The molecule has 1 aromatic carbocycles. The van der Waals surface area contributed by atoms with Gasteiger partial charge in [0.15, 0.2) is 0 Å². The number of nitrogens with one attached hydrogen (secondary N) is 1. The van der Waals surface area contributed by atoms with Crippen molar-refractivity contribution in [2.75, 3.05) is 0 Å². The highest BCUT2D eigenvalue weighted by atomic mass is 16.6. The van der Waals surface area contributed by atoms with Crippen molar-refractivity contribution in [2.24, 2.45) is 5.73 Å². The number of aryl methyl sites for hydroxylation is 2. The number of benzene rings is 1. The number of alkyl carbamates (subject to hydrolysis) is 1. The summed E-state index contributed by atoms with van der Waals surface area (Å²) in [5, 5.41) is 2.74. The first kappa shape index (κ1) is 25.3. The van der Waals surface area contributed by atoms with Crippen LogP contribution in [-0.2, 0) is 22.6 Å². The first-order valence-corrected chi connectivity index (χ1v) is 10.7. The highest BCUT2D eigenvalue weighted by molar-refractivity contribution is 5.99. The lowest BCUT2D eigenvalue weighted by atomic mass is 9.91. The van der Waals surface area contributed by atoms with Crippen LogP contribution in [0.3, 0.4) is 0 Å². The number of nitrogens with two attached hydrogens (primary N) is 1. The molecule has 0 fully saturated rings. The van der Waals surface area contributed by atoms with Crippen molar-refractivity contribution in [3.63, 3.8) is 0 Å². The van der Waals surface area contributed by atoms with E-state index in [9.17, 15) is 9.59 Å². The molecule has 3 N–H and O–H groups in total. The van der Waals surface area contributed by atoms with Gasteiger partial charge in [-0.1, -0.05) is 29.8 Å². The van der Waals surface area contributed by atoms with Crippen LogP contribution in [-0.4, -0.2) is 28.2 Å². The predicted molar refractivity (Wildman–Crippen MR) is 125 cm³/mol. The van der Waals surface area contributed by atoms with E-state index in [1.807, 2.05) is 52.0 Å². The number of hydrogen-bond acceptors (Lipinski definition) is 6. The number of carbonyl (C=O) groups excluding carboxylic acids is 2. The smallest absolute Gasteiger partial charge is 0.407 e. The van der Waals surface area contributed by atoms with Crippen LogP contribution in [0.4, 0.5) is 4.79 Å². The minimum atomic E-state index is -0.659. The number of amides is 1. The monoisotopic (exact) mass is 441 g/mol. The van der Waals surface area contributed by atoms with Crippen LogP contribution in [0.5, 0.6) is 0 Å². The van der Waals surface area contributed by atoms with E-state index in [1.165, 1.54) is 0 Å². The Morgan fingerprint density at radius 3 is 2.03 bits per heavy atom. The predicted octanol–water partition coefficient (Wildman–Crippen LogP) is 4.80. The molecule has 174 valence electrons. The van der Waals surface area contributed by atoms with E-state index in [0.29, 0.717) is 28.1 Å². The van der Waals surface area contributed by atoms with Crippen LogP contribution in [0.15, 0.2) is 24.3 Å². The van der Waals surface area contributed by atoms with Crippen molar-refractivity contribution < 1.29 is 19.1 Å². The average molecular weight is 442 g/mol. The number of hydrogen-bond donors (Lipinski definition) is 2. The summed E-state index contributed by atoms with van der Waals surface area (Å²) in [5.74, 6) is -0.459. The molecule has 2 rings (SSSR count). The van der Waals surface area contributed by atoms with Gasteiger partial charge in [-0.15, -0.1) is 0 Å². The van der Waals surface area contributed by atoms with Crippen LogP contribution < -0.4 is 11.1 Å². The zero-order valence-electron chi connectivity index (χ0n) is 20.4. The molecule has 0 unspecified atom stereocenters. The second kappa shape index (κ2) is 9.69. The summed E-state index contributed by atoms with van der Waals surface area (Å²) in [5.41, 5.74) is 9.62. The Labute approximate surface area is 190 Å². The third kappa shape index (κ3) is 6.79. The number of ether oxygens (including phenoxy) is 2. The number of nitrogens with zero attached hydrogens (tertiary/aromatic N) is 1. The number of rotatable bonds is 5. The van der Waals surface area contributed by atoms with E-state index < -0.39 is 23.3 Å². The highest BCUT2D eigenvalue weighted by Gasteiger charge is 2.27. The maximum atomic E-state index is 13.2. The molecule has 1 amide bonds. The summed E-state index contributed by atoms with van der Waals surface area (Å²) < 4.78 is 11.0. The third-order valence-electron chi connectivity index (χ3n) is 4.51. The molecule has 7 heteroatoms. The Hall–Kier alpha value is -2.93. The van der Waals surface area contributed by atoms with Gasteiger partial charge < -0.3 is 20.5 Å². The maximum absolute atomic E-state index is 13.2. The third-order valence-corrected chi connectivity index (χ3v) is 4.51. The van der Waals surface area contributed by atoms with Gasteiger partial charge in [-0.2, -0.15) is 0 Å². The van der Waals surface area contributed by atoms with Crippen molar-refractivity contribution in [3.8, 4) is 11.1 Å². The highest BCUT2D eigenvalue weighted by Crippen LogP contribution is 2.33. The SMILES string of the molecule is Cc1ccc(-c2c(CN)c(CNC(=O)OC(C)(C)C)nc(C)c2C(=O)OC(C)(C)C)cc1. The van der Waals surface area contributed by atoms with E-state index in [4.69, 9.17) is 15.2 Å². The quantitative estimate of drug-likeness (QED) is 0.646. The standard InChI is InChI=1S/C25H35N3O4/c1-15-9-11-17(12-10-15)21-18(13-26)19(14-27-23(30)32-25(6,7)8)28-16(2)20(21)22(29)31-24(3,4)5/h9-12H,13-14,26H2,1-8H3,(H,27,30). The number of pyridine rings is 1. The topological polar surface area (TPSA) is 104 Å². The largest absolute Gasteiger partial charge is 0.456 e. The van der Waals surface area contributed by atoms with Crippen LogP contribution in [0.2, 0.25) is 0 Å². The van der Waals surface area contributed by atoms with Crippen LogP contribution in [0.1, 0.15) is 74.4 Å². The Bertz CT molecular complexity index is 984.